The zero-order valence-corrected chi connectivity index (χ0v) is 26.3. The molecule has 0 saturated heterocycles. The average molecular weight is 666 g/mol. The first-order chi connectivity index (χ1) is 22.3. The van der Waals surface area contributed by atoms with Gasteiger partial charge in [-0.1, -0.05) is 57.3 Å². The van der Waals surface area contributed by atoms with Crippen LogP contribution in [0.4, 0.5) is 43.4 Å². The van der Waals surface area contributed by atoms with E-state index in [2.05, 4.69) is 13.2 Å². The van der Waals surface area contributed by atoms with Crippen LogP contribution in [0.15, 0.2) is 103 Å². The fourth-order valence-electron chi connectivity index (χ4n) is 5.58. The van der Waals surface area contributed by atoms with Gasteiger partial charge in [-0.15, -0.1) is 0 Å². The van der Waals surface area contributed by atoms with Gasteiger partial charge in [0.05, 0.1) is 22.5 Å². The first kappa shape index (κ1) is 34.0. The maximum atomic E-state index is 14.6. The Morgan fingerprint density at radius 2 is 1.23 bits per heavy atom. The fraction of sp³-hybridized carbons (Fsp3) is 0.189. The molecule has 0 radical (unpaired) electrons. The number of rotatable bonds is 7. The molecule has 0 heterocycles. The normalized spacial score (nSPS) is 13.3. The summed E-state index contributed by atoms with van der Waals surface area (Å²) in [5.74, 6) is -2.35. The number of fused-ring (bicyclic) bond motifs is 3. The van der Waals surface area contributed by atoms with E-state index in [0.717, 1.165) is 39.8 Å². The Labute approximate surface area is 272 Å². The van der Waals surface area contributed by atoms with Gasteiger partial charge in [0, 0.05) is 40.4 Å². The number of hydrogen-bond acceptors (Lipinski definition) is 5. The van der Waals surface area contributed by atoms with Crippen molar-refractivity contribution in [2.24, 2.45) is 0 Å². The SMILES string of the molecule is C=C(C)C(=O)Oc1cc(OC(=O)C(=C)C)cc(N(c2ccc3c(c2)C(C)(C)c2ccccc2-3)c2cc(C(F)(F)F)ccc2C(F)(F)F)c1. The predicted octanol–water partition coefficient (Wildman–Crippen LogP) is 10.5. The van der Waals surface area contributed by atoms with Gasteiger partial charge in [-0.3, -0.25) is 0 Å². The molecular formula is C37H29F6NO4. The molecule has 0 atom stereocenters. The van der Waals surface area contributed by atoms with Crippen molar-refractivity contribution in [2.45, 2.75) is 45.5 Å². The van der Waals surface area contributed by atoms with Crippen molar-refractivity contribution in [1.82, 2.24) is 0 Å². The lowest BCUT2D eigenvalue weighted by Crippen LogP contribution is -2.20. The predicted molar refractivity (Wildman–Crippen MR) is 170 cm³/mol. The number of benzene rings is 4. The van der Waals surface area contributed by atoms with Crippen LogP contribution in [-0.2, 0) is 27.4 Å². The molecule has 0 spiro atoms. The molecule has 1 aliphatic carbocycles. The number of alkyl halides is 6. The molecule has 0 fully saturated rings. The van der Waals surface area contributed by atoms with E-state index in [1.165, 1.54) is 19.9 Å². The Bertz CT molecular complexity index is 1940. The highest BCUT2D eigenvalue weighted by Crippen LogP contribution is 2.52. The molecule has 11 heteroatoms. The zero-order valence-electron chi connectivity index (χ0n) is 26.3. The number of hydrogen-bond donors (Lipinski definition) is 0. The third kappa shape index (κ3) is 6.45. The maximum Gasteiger partial charge on any atom is 0.418 e. The Hall–Kier alpha value is -5.32. The Morgan fingerprint density at radius 1 is 0.667 bits per heavy atom. The van der Waals surface area contributed by atoms with E-state index in [9.17, 15) is 35.9 Å². The highest BCUT2D eigenvalue weighted by molar-refractivity contribution is 5.91. The number of anilines is 3. The van der Waals surface area contributed by atoms with E-state index in [1.54, 1.807) is 12.1 Å². The van der Waals surface area contributed by atoms with Gasteiger partial charge in [0.15, 0.2) is 0 Å². The molecule has 0 aromatic heterocycles. The van der Waals surface area contributed by atoms with Crippen molar-refractivity contribution in [1.29, 1.82) is 0 Å². The molecule has 248 valence electrons. The van der Waals surface area contributed by atoms with Crippen LogP contribution in [0.25, 0.3) is 11.1 Å². The quantitative estimate of drug-likeness (QED) is 0.0851. The summed E-state index contributed by atoms with van der Waals surface area (Å²) in [6.07, 6.45) is -10.1. The molecule has 0 N–H and O–H groups in total. The van der Waals surface area contributed by atoms with E-state index >= 15 is 0 Å². The Kier molecular flexibility index (Phi) is 8.54. The van der Waals surface area contributed by atoms with Gasteiger partial charge < -0.3 is 14.4 Å². The van der Waals surface area contributed by atoms with Gasteiger partial charge >= 0.3 is 24.3 Å². The molecule has 5 rings (SSSR count). The van der Waals surface area contributed by atoms with E-state index in [0.29, 0.717) is 23.8 Å². The molecule has 0 saturated carbocycles. The standard InChI is InChI=1S/C37H29F6NO4/c1-20(2)33(45)47-25-16-24(17-26(19-25)48-34(46)21(3)4)44(32-15-22(36(38,39)40)11-14-30(32)37(41,42)43)23-12-13-28-27-9-7-8-10-29(27)35(5,6)31(28)18-23/h7-19H,1,3H2,2,4-6H3. The summed E-state index contributed by atoms with van der Waals surface area (Å²) in [7, 11) is 0. The first-order valence-electron chi connectivity index (χ1n) is 14.5. The number of carbonyl (C=O) groups excluding carboxylic acids is 2. The van der Waals surface area contributed by atoms with Gasteiger partial charge in [0.2, 0.25) is 0 Å². The zero-order chi connectivity index (χ0) is 35.3. The van der Waals surface area contributed by atoms with E-state index in [1.807, 2.05) is 38.1 Å². The van der Waals surface area contributed by atoms with Crippen LogP contribution >= 0.6 is 0 Å². The van der Waals surface area contributed by atoms with Crippen molar-refractivity contribution in [3.63, 3.8) is 0 Å². The minimum absolute atomic E-state index is 0.0182. The topological polar surface area (TPSA) is 55.8 Å². The minimum atomic E-state index is -5.09. The lowest BCUT2D eigenvalue weighted by molar-refractivity contribution is -0.140. The van der Waals surface area contributed by atoms with E-state index < -0.39 is 46.5 Å². The fourth-order valence-corrected chi connectivity index (χ4v) is 5.58. The van der Waals surface area contributed by atoms with Crippen LogP contribution in [-0.4, -0.2) is 11.9 Å². The molecule has 0 amide bonds. The van der Waals surface area contributed by atoms with Gasteiger partial charge in [0.1, 0.15) is 11.5 Å². The number of ether oxygens (including phenoxy) is 2. The summed E-state index contributed by atoms with van der Waals surface area (Å²) in [5, 5.41) is 0. The molecule has 4 aromatic carbocycles. The smallest absolute Gasteiger partial charge is 0.418 e. The summed E-state index contributed by atoms with van der Waals surface area (Å²) in [6, 6.07) is 17.0. The highest BCUT2D eigenvalue weighted by Gasteiger charge is 2.40. The molecule has 4 aromatic rings. The minimum Gasteiger partial charge on any atom is -0.423 e. The summed E-state index contributed by atoms with van der Waals surface area (Å²) < 4.78 is 96.6. The van der Waals surface area contributed by atoms with Crippen LogP contribution in [0.2, 0.25) is 0 Å². The lowest BCUT2D eigenvalue weighted by Gasteiger charge is -2.31. The first-order valence-corrected chi connectivity index (χ1v) is 14.5. The van der Waals surface area contributed by atoms with Crippen LogP contribution in [0, 0.1) is 0 Å². The third-order valence-corrected chi connectivity index (χ3v) is 7.94. The van der Waals surface area contributed by atoms with Gasteiger partial charge in [-0.25, -0.2) is 9.59 Å². The largest absolute Gasteiger partial charge is 0.423 e. The number of esters is 2. The number of carbonyl (C=O) groups is 2. The number of nitrogens with zero attached hydrogens (tertiary/aromatic N) is 1. The molecular weight excluding hydrogens is 636 g/mol. The molecule has 0 aliphatic heterocycles. The summed E-state index contributed by atoms with van der Waals surface area (Å²) >= 11 is 0. The molecule has 48 heavy (non-hydrogen) atoms. The van der Waals surface area contributed by atoms with Crippen molar-refractivity contribution < 1.29 is 45.4 Å². The molecule has 0 bridgehead atoms. The average Bonchev–Trinajstić information content (AvgIpc) is 3.22. The van der Waals surface area contributed by atoms with Gasteiger partial charge in [0.25, 0.3) is 0 Å². The second-order valence-electron chi connectivity index (χ2n) is 12.0. The lowest BCUT2D eigenvalue weighted by atomic mass is 9.82. The van der Waals surface area contributed by atoms with Crippen molar-refractivity contribution in [3.8, 4) is 22.6 Å². The van der Waals surface area contributed by atoms with Crippen LogP contribution in [0.5, 0.6) is 11.5 Å². The highest BCUT2D eigenvalue weighted by atomic mass is 19.4. The van der Waals surface area contributed by atoms with Crippen molar-refractivity contribution in [3.05, 3.63) is 125 Å². The van der Waals surface area contributed by atoms with Gasteiger partial charge in [-0.2, -0.15) is 26.3 Å². The second kappa shape index (κ2) is 12.0. The summed E-state index contributed by atoms with van der Waals surface area (Å²) in [6.45, 7) is 13.6. The van der Waals surface area contributed by atoms with Crippen LogP contribution in [0.3, 0.4) is 0 Å². The maximum absolute atomic E-state index is 14.6. The molecule has 1 aliphatic rings. The summed E-state index contributed by atoms with van der Waals surface area (Å²) in [5.41, 5.74) is -0.997. The number of halogens is 6. The Morgan fingerprint density at radius 3 is 1.77 bits per heavy atom. The third-order valence-electron chi connectivity index (χ3n) is 7.94. The van der Waals surface area contributed by atoms with Crippen LogP contribution < -0.4 is 14.4 Å². The van der Waals surface area contributed by atoms with E-state index in [4.69, 9.17) is 9.47 Å². The Balaban J connectivity index is 1.84. The van der Waals surface area contributed by atoms with Crippen molar-refractivity contribution in [2.75, 3.05) is 4.90 Å². The van der Waals surface area contributed by atoms with E-state index in [-0.39, 0.29) is 34.0 Å². The van der Waals surface area contributed by atoms with Crippen LogP contribution in [0.1, 0.15) is 49.9 Å². The van der Waals surface area contributed by atoms with Gasteiger partial charge in [-0.05, 0) is 66.4 Å². The molecule has 0 unspecified atom stereocenters. The molecule has 5 nitrogen and oxygen atoms in total. The monoisotopic (exact) mass is 665 g/mol. The van der Waals surface area contributed by atoms with Crippen molar-refractivity contribution >= 4 is 29.0 Å². The second-order valence-corrected chi connectivity index (χ2v) is 12.0. The summed E-state index contributed by atoms with van der Waals surface area (Å²) in [4.78, 5) is 25.9.